The Balaban J connectivity index is 3.47. The summed E-state index contributed by atoms with van der Waals surface area (Å²) in [6, 6.07) is 0. The Kier molecular flexibility index (Phi) is 6.28. The van der Waals surface area contributed by atoms with Crippen molar-refractivity contribution in [2.45, 2.75) is 12.8 Å². The molecule has 0 rings (SSSR count). The van der Waals surface area contributed by atoms with Crippen LogP contribution in [-0.2, 0) is 14.3 Å². The van der Waals surface area contributed by atoms with Gasteiger partial charge in [0, 0.05) is 6.42 Å². The first-order valence-electron chi connectivity index (χ1n) is 3.67. The average Bonchev–Trinajstić information content (AvgIpc) is 2.12. The number of hydrogen-bond donors (Lipinski definition) is 2. The molecule has 5 heteroatoms. The highest BCUT2D eigenvalue weighted by atomic mass is 16.5. The van der Waals surface area contributed by atoms with Crippen molar-refractivity contribution in [2.24, 2.45) is 0 Å². The van der Waals surface area contributed by atoms with Gasteiger partial charge in [-0.25, -0.2) is 0 Å². The van der Waals surface area contributed by atoms with E-state index >= 15 is 0 Å². The van der Waals surface area contributed by atoms with Crippen molar-refractivity contribution in [1.82, 2.24) is 5.32 Å². The van der Waals surface area contributed by atoms with Gasteiger partial charge in [-0.2, -0.15) is 0 Å². The Morgan fingerprint density at radius 2 is 2.15 bits per heavy atom. The highest BCUT2D eigenvalue weighted by Crippen LogP contribution is 1.92. The normalized spacial score (nSPS) is 8.62. The topological polar surface area (TPSA) is 75.6 Å². The Bertz CT molecular complexity index is 219. The summed E-state index contributed by atoms with van der Waals surface area (Å²) < 4.78 is 4.50. The SMILES string of the molecule is C#CCOC(=O)CCC(=O)NCO. The Labute approximate surface area is 76.1 Å². The number of carbonyl (C=O) groups excluding carboxylic acids is 2. The van der Waals surface area contributed by atoms with E-state index in [-0.39, 0.29) is 19.4 Å². The molecule has 0 aromatic carbocycles. The van der Waals surface area contributed by atoms with Crippen LogP contribution < -0.4 is 5.32 Å². The first kappa shape index (κ1) is 11.5. The van der Waals surface area contributed by atoms with Crippen molar-refractivity contribution >= 4 is 11.9 Å². The number of ether oxygens (including phenoxy) is 1. The lowest BCUT2D eigenvalue weighted by atomic mass is 10.3. The average molecular weight is 185 g/mol. The summed E-state index contributed by atoms with van der Waals surface area (Å²) >= 11 is 0. The van der Waals surface area contributed by atoms with Crippen LogP contribution in [0.1, 0.15) is 12.8 Å². The molecule has 72 valence electrons. The van der Waals surface area contributed by atoms with Crippen molar-refractivity contribution in [3.8, 4) is 12.3 Å². The zero-order valence-electron chi connectivity index (χ0n) is 7.08. The van der Waals surface area contributed by atoms with E-state index in [1.165, 1.54) is 0 Å². The van der Waals surface area contributed by atoms with E-state index in [1.807, 2.05) is 0 Å². The summed E-state index contributed by atoms with van der Waals surface area (Å²) in [6.07, 6.45) is 4.80. The molecule has 0 aromatic heterocycles. The molecular formula is C8H11NO4. The third-order valence-corrected chi connectivity index (χ3v) is 1.15. The van der Waals surface area contributed by atoms with E-state index in [1.54, 1.807) is 0 Å². The molecule has 2 N–H and O–H groups in total. The van der Waals surface area contributed by atoms with Crippen LogP contribution in [0.4, 0.5) is 0 Å². The predicted molar refractivity (Wildman–Crippen MR) is 44.3 cm³/mol. The van der Waals surface area contributed by atoms with Crippen LogP contribution in [0.25, 0.3) is 0 Å². The number of rotatable bonds is 5. The van der Waals surface area contributed by atoms with Crippen LogP contribution in [0.2, 0.25) is 0 Å². The zero-order valence-corrected chi connectivity index (χ0v) is 7.08. The van der Waals surface area contributed by atoms with Crippen molar-refractivity contribution in [3.63, 3.8) is 0 Å². The lowest BCUT2D eigenvalue weighted by Crippen LogP contribution is -2.24. The van der Waals surface area contributed by atoms with Gasteiger partial charge < -0.3 is 15.2 Å². The minimum absolute atomic E-state index is 0.00996. The van der Waals surface area contributed by atoms with Crippen LogP contribution in [0, 0.1) is 12.3 Å². The molecule has 0 bridgehead atoms. The van der Waals surface area contributed by atoms with E-state index < -0.39 is 18.6 Å². The largest absolute Gasteiger partial charge is 0.452 e. The molecule has 1 amide bonds. The molecule has 13 heavy (non-hydrogen) atoms. The smallest absolute Gasteiger partial charge is 0.307 e. The van der Waals surface area contributed by atoms with Crippen molar-refractivity contribution in [2.75, 3.05) is 13.3 Å². The van der Waals surface area contributed by atoms with Gasteiger partial charge in [-0.05, 0) is 0 Å². The zero-order chi connectivity index (χ0) is 10.1. The number of esters is 1. The quantitative estimate of drug-likeness (QED) is 0.327. The van der Waals surface area contributed by atoms with Gasteiger partial charge in [0.1, 0.15) is 6.73 Å². The summed E-state index contributed by atoms with van der Waals surface area (Å²) in [7, 11) is 0. The first-order chi connectivity index (χ1) is 6.20. The molecule has 0 aliphatic rings. The van der Waals surface area contributed by atoms with E-state index in [4.69, 9.17) is 11.5 Å². The Morgan fingerprint density at radius 3 is 2.69 bits per heavy atom. The van der Waals surface area contributed by atoms with Crippen LogP contribution >= 0.6 is 0 Å². The second kappa shape index (κ2) is 7.13. The maximum absolute atomic E-state index is 10.8. The second-order valence-electron chi connectivity index (χ2n) is 2.12. The molecule has 0 radical (unpaired) electrons. The van der Waals surface area contributed by atoms with E-state index in [9.17, 15) is 9.59 Å². The number of carbonyl (C=O) groups is 2. The van der Waals surface area contributed by atoms with Crippen LogP contribution in [0.5, 0.6) is 0 Å². The highest BCUT2D eigenvalue weighted by molar-refractivity contribution is 5.81. The summed E-state index contributed by atoms with van der Waals surface area (Å²) in [5, 5.41) is 10.4. The lowest BCUT2D eigenvalue weighted by molar-refractivity contribution is -0.143. The molecule has 0 saturated heterocycles. The number of aliphatic hydroxyl groups excluding tert-OH is 1. The number of aliphatic hydroxyl groups is 1. The highest BCUT2D eigenvalue weighted by Gasteiger charge is 2.06. The van der Waals surface area contributed by atoms with Gasteiger partial charge in [0.25, 0.3) is 0 Å². The third kappa shape index (κ3) is 6.84. The van der Waals surface area contributed by atoms with E-state index in [0.717, 1.165) is 0 Å². The standard InChI is InChI=1S/C8H11NO4/c1-2-5-13-8(12)4-3-7(11)9-6-10/h1,10H,3-6H2,(H,9,11). The van der Waals surface area contributed by atoms with Gasteiger partial charge in [-0.15, -0.1) is 6.42 Å². The van der Waals surface area contributed by atoms with Gasteiger partial charge in [0.15, 0.2) is 6.61 Å². The Hall–Kier alpha value is -1.54. The fourth-order valence-electron chi connectivity index (χ4n) is 0.586. The van der Waals surface area contributed by atoms with E-state index in [0.29, 0.717) is 0 Å². The third-order valence-electron chi connectivity index (χ3n) is 1.15. The molecule has 0 aliphatic carbocycles. The molecule has 0 heterocycles. The van der Waals surface area contributed by atoms with Crippen molar-refractivity contribution in [3.05, 3.63) is 0 Å². The molecule has 0 fully saturated rings. The molecule has 5 nitrogen and oxygen atoms in total. The monoisotopic (exact) mass is 185 g/mol. The van der Waals surface area contributed by atoms with Crippen molar-refractivity contribution in [1.29, 1.82) is 0 Å². The number of amides is 1. The van der Waals surface area contributed by atoms with Gasteiger partial charge >= 0.3 is 5.97 Å². The van der Waals surface area contributed by atoms with Gasteiger partial charge in [0.2, 0.25) is 5.91 Å². The lowest BCUT2D eigenvalue weighted by Gasteiger charge is -2.01. The van der Waals surface area contributed by atoms with Crippen LogP contribution in [0.15, 0.2) is 0 Å². The first-order valence-corrected chi connectivity index (χ1v) is 3.67. The van der Waals surface area contributed by atoms with Crippen molar-refractivity contribution < 1.29 is 19.4 Å². The maximum atomic E-state index is 10.8. The summed E-state index contributed by atoms with van der Waals surface area (Å²) in [5.41, 5.74) is 0. The van der Waals surface area contributed by atoms with Gasteiger partial charge in [-0.3, -0.25) is 9.59 Å². The van der Waals surface area contributed by atoms with Crippen LogP contribution in [0.3, 0.4) is 0 Å². The number of terminal acetylenes is 1. The fraction of sp³-hybridized carbons (Fsp3) is 0.500. The number of nitrogens with one attached hydrogen (secondary N) is 1. The molecule has 0 saturated carbocycles. The predicted octanol–water partition coefficient (Wildman–Crippen LogP) is -0.991. The minimum Gasteiger partial charge on any atom is -0.452 e. The van der Waals surface area contributed by atoms with Gasteiger partial charge in [-0.1, -0.05) is 5.92 Å². The molecular weight excluding hydrogens is 174 g/mol. The second-order valence-corrected chi connectivity index (χ2v) is 2.12. The number of hydrogen-bond acceptors (Lipinski definition) is 4. The molecule has 0 spiro atoms. The molecule has 0 atom stereocenters. The molecule has 0 aliphatic heterocycles. The van der Waals surface area contributed by atoms with E-state index in [2.05, 4.69) is 16.0 Å². The molecule has 0 unspecified atom stereocenters. The minimum atomic E-state index is -0.522. The van der Waals surface area contributed by atoms with Gasteiger partial charge in [0.05, 0.1) is 6.42 Å². The maximum Gasteiger partial charge on any atom is 0.307 e. The Morgan fingerprint density at radius 1 is 1.46 bits per heavy atom. The van der Waals surface area contributed by atoms with Crippen LogP contribution in [-0.4, -0.2) is 30.3 Å². The summed E-state index contributed by atoms with van der Waals surface area (Å²) in [5.74, 6) is 1.20. The summed E-state index contributed by atoms with van der Waals surface area (Å²) in [6.45, 7) is -0.515. The fourth-order valence-corrected chi connectivity index (χ4v) is 0.586. The molecule has 0 aromatic rings. The summed E-state index contributed by atoms with van der Waals surface area (Å²) in [4.78, 5) is 21.5.